The van der Waals surface area contributed by atoms with Crippen molar-refractivity contribution < 1.29 is 90.9 Å². The van der Waals surface area contributed by atoms with Crippen LogP contribution in [-0.4, -0.2) is 315 Å². The number of nitrogens with zero attached hydrogens (tertiary/aromatic N) is 13. The van der Waals surface area contributed by atoms with Gasteiger partial charge in [0.25, 0.3) is 11.1 Å². The fraction of sp³-hybridized carbons (Fsp3) is 0.598. The summed E-state index contributed by atoms with van der Waals surface area (Å²) in [6, 6.07) is 25.6. The number of aromatic nitrogens is 6. The summed E-state index contributed by atoms with van der Waals surface area (Å²) in [6.07, 6.45) is 17.0. The number of urea groups is 2. The Kier molecular flexibility index (Phi) is 47.1. The zero-order valence-corrected chi connectivity index (χ0v) is 86.1. The number of halogens is 3. The van der Waals surface area contributed by atoms with Gasteiger partial charge >= 0.3 is 42.1 Å². The number of piperazine rings is 2. The number of nitrogens with one attached hydrogen (secondary N) is 3. The number of pyridine rings is 2. The number of para-hydroxylation sites is 2. The number of aryl methyl sites for hydroxylation is 2. The van der Waals surface area contributed by atoms with Crippen LogP contribution in [0.25, 0.3) is 43.6 Å². The molecule has 6 fully saturated rings. The molecule has 0 spiro atoms. The SMILES string of the molecule is CCCCO.CCCCOC(=O)OCCl.CCCCOC(=O)OCn1cc2cc(C[C@@H](NC(=O)N3CCC(c4cc5ccccc5[nH]c4=O)CC3)C(=O)N3CCN(C4CCN(C)CC4)CC3)cc(C)c2n1.CCCCOC(=O)OCn1cc2cc(C[C@@H](NC(=O)N3CCC(c4cc5ccccc5n(COC(=O)OCCCC)c4=O)CC3)C(=O)N3CCN(C4CCN(C)CC4)CC3)cc(C)c2n1.O=C(Cl)OCCl. The Bertz CT molecular complexity index is 5480. The highest BCUT2D eigenvalue weighted by atomic mass is 35.5. The van der Waals surface area contributed by atoms with Crippen molar-refractivity contribution >= 4 is 132 Å². The topological polar surface area (TPSA) is 397 Å². The van der Waals surface area contributed by atoms with E-state index >= 15 is 0 Å². The van der Waals surface area contributed by atoms with Crippen molar-refractivity contribution in [2.24, 2.45) is 0 Å². The minimum atomic E-state index is -0.870. The third-order valence-electron chi connectivity index (χ3n) is 26.5. The number of benzene rings is 4. The van der Waals surface area contributed by atoms with Gasteiger partial charge in [-0.25, -0.2) is 42.9 Å². The number of H-pyrrole nitrogens is 1. The van der Waals surface area contributed by atoms with Gasteiger partial charge in [-0.15, -0.1) is 0 Å². The molecule has 0 saturated carbocycles. The van der Waals surface area contributed by atoms with Crippen molar-refractivity contribution in [1.82, 2.24) is 78.9 Å². The minimum absolute atomic E-state index is 0.0402. The van der Waals surface area contributed by atoms with E-state index in [-0.39, 0.29) is 92.2 Å². The first-order valence-corrected chi connectivity index (χ1v) is 51.5. The first-order chi connectivity index (χ1) is 68.6. The van der Waals surface area contributed by atoms with Crippen LogP contribution in [-0.2, 0) is 85.3 Å². The normalized spacial score (nSPS) is 16.4. The number of amides is 6. The molecule has 6 aliphatic heterocycles. The van der Waals surface area contributed by atoms with Crippen molar-refractivity contribution in [3.8, 4) is 0 Å². The molecular formula is C102H145Cl3N16O21. The smallest absolute Gasteiger partial charge is 0.437 e. The van der Waals surface area contributed by atoms with Gasteiger partial charge < -0.3 is 92.8 Å². The monoisotopic (exact) mass is 2030 g/mol. The number of carbonyl (C=O) groups excluding carboxylic acids is 9. The molecule has 4 N–H and O–H groups in total. The summed E-state index contributed by atoms with van der Waals surface area (Å²) in [5, 5.41) is 27.1. The molecule has 4 aromatic carbocycles. The zero-order valence-electron chi connectivity index (χ0n) is 83.8. The number of carbonyl (C=O) groups is 9. The van der Waals surface area contributed by atoms with Gasteiger partial charge in [-0.3, -0.25) is 33.5 Å². The van der Waals surface area contributed by atoms with Crippen LogP contribution < -0.4 is 21.8 Å². The van der Waals surface area contributed by atoms with Crippen molar-refractivity contribution in [3.63, 3.8) is 0 Å². The maximum Gasteiger partial charge on any atom is 0.510 e. The van der Waals surface area contributed by atoms with Crippen LogP contribution in [0.2, 0.25) is 0 Å². The zero-order chi connectivity index (χ0) is 102. The number of hydrogen-bond donors (Lipinski definition) is 4. The largest absolute Gasteiger partial charge is 0.510 e. The van der Waals surface area contributed by atoms with E-state index in [0.29, 0.717) is 134 Å². The van der Waals surface area contributed by atoms with E-state index in [1.165, 1.54) is 4.57 Å². The van der Waals surface area contributed by atoms with Gasteiger partial charge in [0, 0.05) is 161 Å². The van der Waals surface area contributed by atoms with Crippen molar-refractivity contribution in [1.29, 1.82) is 0 Å². The van der Waals surface area contributed by atoms with Crippen LogP contribution >= 0.6 is 34.8 Å². The highest BCUT2D eigenvalue weighted by Crippen LogP contribution is 2.33. The number of aromatic amines is 1. The fourth-order valence-electron chi connectivity index (χ4n) is 18.4. The molecule has 40 heteroatoms. The number of piperidine rings is 4. The molecule has 0 aliphatic carbocycles. The van der Waals surface area contributed by atoms with Crippen molar-refractivity contribution in [3.05, 3.63) is 151 Å². The first-order valence-electron chi connectivity index (χ1n) is 50.1. The molecule has 0 unspecified atom stereocenters. The maximum absolute atomic E-state index is 14.5. The molecule has 10 heterocycles. The summed E-state index contributed by atoms with van der Waals surface area (Å²) < 4.78 is 48.7. The average molecular weight is 2040 g/mol. The highest BCUT2D eigenvalue weighted by molar-refractivity contribution is 6.61. The summed E-state index contributed by atoms with van der Waals surface area (Å²) in [4.78, 5) is 160. The Balaban J connectivity index is 0.000000244. The Morgan fingerprint density at radius 3 is 1.22 bits per heavy atom. The lowest BCUT2D eigenvalue weighted by atomic mass is 9.89. The summed E-state index contributed by atoms with van der Waals surface area (Å²) >= 11 is 14.6. The average Bonchev–Trinajstić information content (AvgIpc) is 1.06. The number of aliphatic hydroxyl groups is 1. The van der Waals surface area contributed by atoms with Gasteiger partial charge in [-0.1, -0.05) is 138 Å². The quantitative estimate of drug-likeness (QED) is 0.00956. The highest BCUT2D eigenvalue weighted by Gasteiger charge is 2.38. The molecule has 4 aromatic heterocycles. The van der Waals surface area contributed by atoms with Crippen LogP contribution in [0.3, 0.4) is 0 Å². The lowest BCUT2D eigenvalue weighted by Crippen LogP contribution is -2.59. The summed E-state index contributed by atoms with van der Waals surface area (Å²) in [5.41, 5.74) is 6.69. The number of rotatable bonds is 34. The minimum Gasteiger partial charge on any atom is -0.437 e. The van der Waals surface area contributed by atoms with Crippen LogP contribution in [0.1, 0.15) is 195 Å². The van der Waals surface area contributed by atoms with Gasteiger partial charge in [-0.2, -0.15) is 10.2 Å². The molecule has 37 nitrogen and oxygen atoms in total. The lowest BCUT2D eigenvalue weighted by Gasteiger charge is -2.43. The van der Waals surface area contributed by atoms with Crippen LogP contribution in [0.5, 0.6) is 0 Å². The van der Waals surface area contributed by atoms with E-state index in [1.807, 2.05) is 142 Å². The van der Waals surface area contributed by atoms with Gasteiger partial charge in [0.1, 0.15) is 12.1 Å². The van der Waals surface area contributed by atoms with E-state index in [1.54, 1.807) is 25.4 Å². The Morgan fingerprint density at radius 1 is 0.437 bits per heavy atom. The lowest BCUT2D eigenvalue weighted by molar-refractivity contribution is -0.136. The molecule has 8 aromatic rings. The molecule has 780 valence electrons. The molecule has 0 bridgehead atoms. The second kappa shape index (κ2) is 59.3. The molecule has 6 aliphatic rings. The summed E-state index contributed by atoms with van der Waals surface area (Å²) in [6.45, 7) is 26.9. The van der Waals surface area contributed by atoms with Crippen LogP contribution in [0.4, 0.5) is 33.6 Å². The van der Waals surface area contributed by atoms with Crippen molar-refractivity contribution in [2.45, 2.75) is 233 Å². The molecule has 6 amide bonds. The molecule has 6 saturated heterocycles. The third-order valence-corrected chi connectivity index (χ3v) is 26.8. The van der Waals surface area contributed by atoms with Gasteiger partial charge in [0.2, 0.25) is 11.8 Å². The summed E-state index contributed by atoms with van der Waals surface area (Å²) in [5.74, 6) is -0.293. The number of unbranched alkanes of at least 4 members (excludes halogenated alkanes) is 5. The van der Waals surface area contributed by atoms with Crippen LogP contribution in [0.15, 0.2) is 107 Å². The standard InChI is InChI=1S/C48H66N8O9.C42H56N8O6.C6H11ClO3.C4H10O.C2H2Cl2O2/c1-5-7-25-62-47(60)64-32-55-31-38-28-35(27-34(3)43(38)50-55)29-41(45(58)53-23-21-52(22-24-53)39-15-17-51(4)18-16-39)49-46(59)54-19-13-36(14-20-54)40-30-37-11-9-10-12-42(37)56(44(40)57)33-65-48(61)63-26-8-6-2;1-4-5-22-55-42(54)56-28-50-27-33-24-30(23-29(2)38(33)45-50)25-37(40(52)48-20-18-47(19-21-48)34-12-14-46(3)15-13-34)44-41(53)49-16-10-31(11-17-49)35-26-32-8-6-7-9-36(32)43-39(35)51;1-2-3-4-9-6(8)10-5-7;1-2-3-4-5;3-1-6-2(4)5/h9-12,27-28,30-31,36,39,41H,5-8,13-26,29,32-33H2,1-4H3,(H,49,59);6-9,23-24,26-27,31,34,37H,4-5,10-22,25,28H2,1-3H3,(H,43,51)(H,44,53);2-5H2,1H3;5H,2-4H2,1H3;1H2/t41-;37-;;;/m11.../s1. The van der Waals surface area contributed by atoms with E-state index in [9.17, 15) is 52.7 Å². The van der Waals surface area contributed by atoms with Gasteiger partial charge in [0.15, 0.2) is 32.3 Å². The second-order valence-corrected chi connectivity index (χ2v) is 37.5. The van der Waals surface area contributed by atoms with E-state index in [4.69, 9.17) is 56.7 Å². The second-order valence-electron chi connectivity index (χ2n) is 36.7. The van der Waals surface area contributed by atoms with E-state index < -0.39 is 42.1 Å². The number of alkyl halides is 2. The predicted octanol–water partition coefficient (Wildman–Crippen LogP) is 15.5. The number of likely N-dealkylation sites (tertiary alicyclic amines) is 4. The van der Waals surface area contributed by atoms with Crippen LogP contribution in [0, 0.1) is 13.8 Å². The van der Waals surface area contributed by atoms with Gasteiger partial charge in [0.05, 0.1) is 43.0 Å². The first kappa shape index (κ1) is 113. The molecule has 2 atom stereocenters. The number of hydrogen-bond acceptors (Lipinski definition) is 27. The number of fused-ring (bicyclic) bond motifs is 4. The Labute approximate surface area is 845 Å². The predicted molar refractivity (Wildman–Crippen MR) is 543 cm³/mol. The van der Waals surface area contributed by atoms with E-state index in [0.717, 1.165) is 208 Å². The summed E-state index contributed by atoms with van der Waals surface area (Å²) in [7, 11) is 4.33. The molecular weight excluding hydrogens is 1890 g/mol. The Hall–Kier alpha value is -11.1. The number of ether oxygens (including phenoxy) is 9. The van der Waals surface area contributed by atoms with Gasteiger partial charge in [-0.05, 0) is 219 Å². The molecule has 142 heavy (non-hydrogen) atoms. The Morgan fingerprint density at radius 2 is 0.824 bits per heavy atom. The number of aliphatic hydroxyl groups excluding tert-OH is 1. The molecule has 14 rings (SSSR count). The fourth-order valence-corrected chi connectivity index (χ4v) is 18.7. The van der Waals surface area contributed by atoms with E-state index in [2.05, 4.69) is 92.2 Å². The van der Waals surface area contributed by atoms with Crippen molar-refractivity contribution in [2.75, 3.05) is 164 Å². The third kappa shape index (κ3) is 34.9. The molecule has 0 radical (unpaired) electrons. The maximum atomic E-state index is 14.5.